The standard InChI is InChI=1S/C21H21FN4O2/c1-26-19(27)21(25-20(26)23)14-6-2-3-7-16(14)28-17-9-8-12(11-15(17)21)13-5-4-10-24-18(13)22/h4-5,8-11,14,16H,2-3,6-7H2,1H3,(H2,23,25)/t14-,16+,21?/m1/s1. The summed E-state index contributed by atoms with van der Waals surface area (Å²) in [6, 6.07) is 8.77. The number of guanidine groups is 1. The van der Waals surface area contributed by atoms with Crippen LogP contribution in [-0.4, -0.2) is 34.9 Å². The normalized spacial score (nSPS) is 28.6. The second-order valence-electron chi connectivity index (χ2n) is 7.70. The van der Waals surface area contributed by atoms with E-state index in [-0.39, 0.29) is 23.9 Å². The Balaban J connectivity index is 1.74. The maximum Gasteiger partial charge on any atom is 0.262 e. The lowest BCUT2D eigenvalue weighted by molar-refractivity contribution is -0.136. The summed E-state index contributed by atoms with van der Waals surface area (Å²) in [7, 11) is 1.65. The maximum absolute atomic E-state index is 14.3. The number of rotatable bonds is 1. The molecular formula is C21H21FN4O2. The highest BCUT2D eigenvalue weighted by Crippen LogP contribution is 2.53. The molecule has 0 saturated heterocycles. The van der Waals surface area contributed by atoms with Crippen LogP contribution in [-0.2, 0) is 10.3 Å². The molecule has 1 saturated carbocycles. The zero-order valence-corrected chi connectivity index (χ0v) is 15.6. The summed E-state index contributed by atoms with van der Waals surface area (Å²) in [5.74, 6) is 0.0483. The lowest BCUT2D eigenvalue weighted by atomic mass is 9.67. The van der Waals surface area contributed by atoms with E-state index in [9.17, 15) is 9.18 Å². The molecule has 144 valence electrons. The van der Waals surface area contributed by atoms with Crippen molar-refractivity contribution in [1.82, 2.24) is 9.88 Å². The van der Waals surface area contributed by atoms with Crippen LogP contribution in [0.15, 0.2) is 41.5 Å². The number of nitrogens with zero attached hydrogens (tertiary/aromatic N) is 3. The van der Waals surface area contributed by atoms with Crippen molar-refractivity contribution in [3.8, 4) is 16.9 Å². The van der Waals surface area contributed by atoms with E-state index in [2.05, 4.69) is 4.98 Å². The molecule has 2 aromatic rings. The molecule has 2 aliphatic heterocycles. The third-order valence-electron chi connectivity index (χ3n) is 6.24. The van der Waals surface area contributed by atoms with E-state index in [0.717, 1.165) is 25.7 Å². The minimum atomic E-state index is -1.10. The Hall–Kier alpha value is -2.96. The fourth-order valence-electron chi connectivity index (χ4n) is 4.86. The predicted molar refractivity (Wildman–Crippen MR) is 102 cm³/mol. The van der Waals surface area contributed by atoms with Crippen molar-refractivity contribution in [1.29, 1.82) is 0 Å². The van der Waals surface area contributed by atoms with Crippen molar-refractivity contribution in [2.24, 2.45) is 16.6 Å². The van der Waals surface area contributed by atoms with Gasteiger partial charge in [0.2, 0.25) is 5.95 Å². The molecule has 3 atom stereocenters. The Labute approximate surface area is 162 Å². The summed E-state index contributed by atoms with van der Waals surface area (Å²) < 4.78 is 20.6. The first-order valence-corrected chi connectivity index (χ1v) is 9.58. The first-order chi connectivity index (χ1) is 13.5. The number of ether oxygens (including phenoxy) is 1. The number of pyridine rings is 1. The average molecular weight is 380 g/mol. The third kappa shape index (κ3) is 2.22. The molecule has 0 bridgehead atoms. The third-order valence-corrected chi connectivity index (χ3v) is 6.24. The van der Waals surface area contributed by atoms with Crippen LogP contribution >= 0.6 is 0 Å². The highest BCUT2D eigenvalue weighted by atomic mass is 19.1. The Morgan fingerprint density at radius 2 is 2.11 bits per heavy atom. The van der Waals surface area contributed by atoms with Crippen molar-refractivity contribution in [2.45, 2.75) is 37.3 Å². The highest BCUT2D eigenvalue weighted by molar-refractivity contribution is 6.07. The molecule has 2 N–H and O–H groups in total. The predicted octanol–water partition coefficient (Wildman–Crippen LogP) is 2.82. The molecule has 1 spiro atoms. The molecule has 28 heavy (non-hydrogen) atoms. The molecule has 7 heteroatoms. The number of fused-ring (bicyclic) bond motifs is 4. The zero-order valence-electron chi connectivity index (χ0n) is 15.6. The van der Waals surface area contributed by atoms with E-state index in [0.29, 0.717) is 22.4 Å². The van der Waals surface area contributed by atoms with Crippen LogP contribution in [0.5, 0.6) is 5.75 Å². The number of benzene rings is 1. The first-order valence-electron chi connectivity index (χ1n) is 9.58. The largest absolute Gasteiger partial charge is 0.490 e. The highest BCUT2D eigenvalue weighted by Gasteiger charge is 2.60. The molecule has 3 heterocycles. The second-order valence-corrected chi connectivity index (χ2v) is 7.70. The number of likely N-dealkylation sites (N-methyl/N-ethyl adjacent to an activating group) is 1. The van der Waals surface area contributed by atoms with Crippen molar-refractivity contribution in [2.75, 3.05) is 7.05 Å². The average Bonchev–Trinajstić information content (AvgIpc) is 2.93. The summed E-state index contributed by atoms with van der Waals surface area (Å²) in [6.45, 7) is 0. The van der Waals surface area contributed by atoms with Gasteiger partial charge < -0.3 is 10.5 Å². The molecule has 1 aliphatic carbocycles. The SMILES string of the molecule is CN1C(=O)C2(N=C1N)c1cc(-c3cccnc3F)ccc1O[C@H]1CCCC[C@H]12. The van der Waals surface area contributed by atoms with Gasteiger partial charge in [-0.3, -0.25) is 9.69 Å². The molecule has 1 fully saturated rings. The molecule has 3 aliphatic rings. The summed E-state index contributed by atoms with van der Waals surface area (Å²) in [6.07, 6.45) is 5.15. The van der Waals surface area contributed by atoms with E-state index in [1.54, 1.807) is 31.3 Å². The fourth-order valence-corrected chi connectivity index (χ4v) is 4.86. The summed E-state index contributed by atoms with van der Waals surface area (Å²) in [4.78, 5) is 23.3. The van der Waals surface area contributed by atoms with Crippen molar-refractivity contribution in [3.05, 3.63) is 48.0 Å². The second kappa shape index (κ2) is 6.02. The van der Waals surface area contributed by atoms with Gasteiger partial charge in [0.05, 0.1) is 0 Å². The van der Waals surface area contributed by atoms with Gasteiger partial charge in [-0.1, -0.05) is 12.5 Å². The van der Waals surface area contributed by atoms with E-state index in [1.165, 1.54) is 11.1 Å². The lowest BCUT2D eigenvalue weighted by Gasteiger charge is -2.46. The number of nitrogens with two attached hydrogens (primary N) is 1. The minimum absolute atomic E-state index is 0.0748. The zero-order chi connectivity index (χ0) is 19.5. The molecule has 6 nitrogen and oxygen atoms in total. The van der Waals surface area contributed by atoms with E-state index < -0.39 is 11.5 Å². The number of carbonyl (C=O) groups is 1. The van der Waals surface area contributed by atoms with Gasteiger partial charge in [0.15, 0.2) is 11.5 Å². The molecule has 1 amide bonds. The number of hydrogen-bond acceptors (Lipinski definition) is 5. The number of aliphatic imine (C=N–C) groups is 1. The Kier molecular flexibility index (Phi) is 3.69. The number of hydrogen-bond donors (Lipinski definition) is 1. The van der Waals surface area contributed by atoms with E-state index >= 15 is 0 Å². The van der Waals surface area contributed by atoms with Crippen molar-refractivity contribution < 1.29 is 13.9 Å². The first kappa shape index (κ1) is 17.2. The van der Waals surface area contributed by atoms with Gasteiger partial charge in [0, 0.05) is 30.3 Å². The summed E-state index contributed by atoms with van der Waals surface area (Å²) in [5.41, 5.74) is 6.64. The summed E-state index contributed by atoms with van der Waals surface area (Å²) in [5, 5.41) is 0. The van der Waals surface area contributed by atoms with Crippen LogP contribution in [0.2, 0.25) is 0 Å². The number of amides is 1. The molecule has 1 unspecified atom stereocenters. The van der Waals surface area contributed by atoms with Crippen LogP contribution in [0, 0.1) is 11.9 Å². The van der Waals surface area contributed by atoms with E-state index in [4.69, 9.17) is 15.5 Å². The van der Waals surface area contributed by atoms with Crippen molar-refractivity contribution >= 4 is 11.9 Å². The van der Waals surface area contributed by atoms with Gasteiger partial charge in [0.25, 0.3) is 5.91 Å². The van der Waals surface area contributed by atoms with Crippen molar-refractivity contribution in [3.63, 3.8) is 0 Å². The van der Waals surface area contributed by atoms with Crippen LogP contribution in [0.25, 0.3) is 11.1 Å². The molecule has 5 rings (SSSR count). The maximum atomic E-state index is 14.3. The Morgan fingerprint density at radius 3 is 2.86 bits per heavy atom. The fraction of sp³-hybridized carbons (Fsp3) is 0.381. The molecule has 1 aromatic heterocycles. The van der Waals surface area contributed by atoms with Gasteiger partial charge in [-0.25, -0.2) is 9.98 Å². The van der Waals surface area contributed by atoms with Crippen LogP contribution in [0.1, 0.15) is 31.2 Å². The quantitative estimate of drug-likeness (QED) is 0.772. The van der Waals surface area contributed by atoms with Gasteiger partial charge in [-0.15, -0.1) is 0 Å². The van der Waals surface area contributed by atoms with Gasteiger partial charge in [0.1, 0.15) is 11.9 Å². The molecule has 0 radical (unpaired) electrons. The van der Waals surface area contributed by atoms with Crippen LogP contribution in [0.3, 0.4) is 0 Å². The Bertz CT molecular complexity index is 1010. The van der Waals surface area contributed by atoms with Crippen LogP contribution in [0.4, 0.5) is 4.39 Å². The number of carbonyl (C=O) groups excluding carboxylic acids is 1. The smallest absolute Gasteiger partial charge is 0.262 e. The van der Waals surface area contributed by atoms with Gasteiger partial charge in [-0.05, 0) is 49.1 Å². The minimum Gasteiger partial charge on any atom is -0.490 e. The molecular weight excluding hydrogens is 359 g/mol. The lowest BCUT2D eigenvalue weighted by Crippen LogP contribution is -2.53. The van der Waals surface area contributed by atoms with E-state index in [1.807, 2.05) is 6.07 Å². The van der Waals surface area contributed by atoms with Crippen LogP contribution < -0.4 is 10.5 Å². The topological polar surface area (TPSA) is 80.8 Å². The number of aromatic nitrogens is 1. The monoisotopic (exact) mass is 380 g/mol. The number of halogens is 1. The Morgan fingerprint density at radius 1 is 1.29 bits per heavy atom. The summed E-state index contributed by atoms with van der Waals surface area (Å²) >= 11 is 0. The molecule has 1 aromatic carbocycles. The van der Waals surface area contributed by atoms with Gasteiger partial charge in [-0.2, -0.15) is 4.39 Å². The van der Waals surface area contributed by atoms with Gasteiger partial charge >= 0.3 is 0 Å².